The molecule has 8 nitrogen and oxygen atoms in total. The first-order valence-corrected chi connectivity index (χ1v) is 5.51. The first-order valence-electron chi connectivity index (χ1n) is 5.51. The molecule has 0 aliphatic rings. The zero-order valence-electron chi connectivity index (χ0n) is 10.2. The molecule has 100 valence electrons. The van der Waals surface area contributed by atoms with E-state index in [9.17, 15) is 14.9 Å². The summed E-state index contributed by atoms with van der Waals surface area (Å²) in [4.78, 5) is 24.7. The molecule has 0 amide bonds. The van der Waals surface area contributed by atoms with E-state index < -0.39 is 22.6 Å². The van der Waals surface area contributed by atoms with Gasteiger partial charge in [-0.05, 0) is 12.5 Å². The van der Waals surface area contributed by atoms with Gasteiger partial charge in [-0.15, -0.1) is 0 Å². The number of hydrogen-bond acceptors (Lipinski definition) is 6. The third kappa shape index (κ3) is 3.64. The molecule has 1 aromatic heterocycles. The Bertz CT molecular complexity index is 538. The Morgan fingerprint density at radius 2 is 2.42 bits per heavy atom. The van der Waals surface area contributed by atoms with Crippen molar-refractivity contribution in [1.82, 2.24) is 4.98 Å². The molecule has 0 bridgehead atoms. The van der Waals surface area contributed by atoms with Crippen LogP contribution in [0.25, 0.3) is 0 Å². The monoisotopic (exact) mass is 264 g/mol. The minimum atomic E-state index is -1.02. The molecule has 0 fully saturated rings. The van der Waals surface area contributed by atoms with E-state index in [-0.39, 0.29) is 17.8 Å². The summed E-state index contributed by atoms with van der Waals surface area (Å²) in [5, 5.41) is 31.2. The first kappa shape index (κ1) is 14.4. The highest BCUT2D eigenvalue weighted by Gasteiger charge is 2.23. The number of rotatable bonds is 6. The van der Waals surface area contributed by atoms with Crippen molar-refractivity contribution in [2.75, 3.05) is 5.32 Å². The van der Waals surface area contributed by atoms with Gasteiger partial charge in [0.05, 0.1) is 11.3 Å². The maximum atomic E-state index is 11.0. The predicted molar refractivity (Wildman–Crippen MR) is 65.6 cm³/mol. The average molecular weight is 264 g/mol. The molecule has 0 radical (unpaired) electrons. The van der Waals surface area contributed by atoms with E-state index in [0.29, 0.717) is 6.42 Å². The molecule has 1 heterocycles. The third-order valence-electron chi connectivity index (χ3n) is 2.48. The van der Waals surface area contributed by atoms with Gasteiger partial charge in [-0.1, -0.05) is 6.92 Å². The zero-order chi connectivity index (χ0) is 14.4. The largest absolute Gasteiger partial charge is 0.481 e. The van der Waals surface area contributed by atoms with Crippen molar-refractivity contribution in [2.45, 2.75) is 25.8 Å². The van der Waals surface area contributed by atoms with E-state index in [1.165, 1.54) is 12.3 Å². The van der Waals surface area contributed by atoms with Crippen LogP contribution in [-0.2, 0) is 4.79 Å². The number of carboxylic acid groups (broad SMARTS) is 1. The lowest BCUT2D eigenvalue weighted by Crippen LogP contribution is -2.23. The van der Waals surface area contributed by atoms with Crippen LogP contribution >= 0.6 is 0 Å². The Hall–Kier alpha value is -2.69. The number of anilines is 1. The third-order valence-corrected chi connectivity index (χ3v) is 2.48. The molecule has 0 aliphatic heterocycles. The van der Waals surface area contributed by atoms with Crippen LogP contribution in [0.4, 0.5) is 11.5 Å². The summed E-state index contributed by atoms with van der Waals surface area (Å²) in [5.41, 5.74) is -0.554. The van der Waals surface area contributed by atoms with Gasteiger partial charge in [0, 0.05) is 12.2 Å². The van der Waals surface area contributed by atoms with Gasteiger partial charge in [0.25, 0.3) is 0 Å². The number of carbonyl (C=O) groups is 1. The van der Waals surface area contributed by atoms with Crippen LogP contribution in [0.2, 0.25) is 0 Å². The molecule has 0 saturated carbocycles. The van der Waals surface area contributed by atoms with Crippen LogP contribution in [0, 0.1) is 21.4 Å². The number of aromatic nitrogens is 1. The fraction of sp³-hybridized carbons (Fsp3) is 0.364. The molecule has 19 heavy (non-hydrogen) atoms. The molecule has 1 unspecified atom stereocenters. The van der Waals surface area contributed by atoms with Gasteiger partial charge in [-0.25, -0.2) is 4.98 Å². The van der Waals surface area contributed by atoms with Gasteiger partial charge in [-0.2, -0.15) is 5.26 Å². The molecule has 1 rings (SSSR count). The number of carboxylic acids is 1. The zero-order valence-corrected chi connectivity index (χ0v) is 10.2. The Balaban J connectivity index is 3.10. The highest BCUT2D eigenvalue weighted by molar-refractivity contribution is 5.69. The Morgan fingerprint density at radius 1 is 1.74 bits per heavy atom. The van der Waals surface area contributed by atoms with Crippen molar-refractivity contribution in [1.29, 1.82) is 5.26 Å². The Morgan fingerprint density at radius 3 is 2.89 bits per heavy atom. The van der Waals surface area contributed by atoms with E-state index in [4.69, 9.17) is 10.4 Å². The van der Waals surface area contributed by atoms with Gasteiger partial charge in [-0.3, -0.25) is 14.9 Å². The van der Waals surface area contributed by atoms with E-state index in [1.807, 2.05) is 0 Å². The quantitative estimate of drug-likeness (QED) is 0.588. The normalized spacial score (nSPS) is 11.4. The standard InChI is InChI=1S/C11H12N4O4/c1-2-8(5-9(16)17)14-11-10(15(18)19)7(6-12)3-4-13-11/h3-4,8H,2,5H2,1H3,(H,13,14)(H,16,17). The summed E-state index contributed by atoms with van der Waals surface area (Å²) in [6.45, 7) is 1.75. The van der Waals surface area contributed by atoms with E-state index in [0.717, 1.165) is 0 Å². The molecule has 1 aromatic rings. The van der Waals surface area contributed by atoms with Gasteiger partial charge < -0.3 is 10.4 Å². The smallest absolute Gasteiger partial charge is 0.328 e. The summed E-state index contributed by atoms with van der Waals surface area (Å²) in [6, 6.07) is 2.46. The molecule has 2 N–H and O–H groups in total. The second-order valence-corrected chi connectivity index (χ2v) is 3.77. The molecule has 0 spiro atoms. The number of nitrogens with one attached hydrogen (secondary N) is 1. The number of hydrogen-bond donors (Lipinski definition) is 2. The maximum absolute atomic E-state index is 11.0. The number of pyridine rings is 1. The van der Waals surface area contributed by atoms with E-state index >= 15 is 0 Å². The van der Waals surface area contributed by atoms with Crippen LogP contribution in [-0.4, -0.2) is 27.0 Å². The highest BCUT2D eigenvalue weighted by atomic mass is 16.6. The van der Waals surface area contributed by atoms with Crippen molar-refractivity contribution in [3.8, 4) is 6.07 Å². The lowest BCUT2D eigenvalue weighted by atomic mass is 10.1. The summed E-state index contributed by atoms with van der Waals surface area (Å²) in [5.74, 6) is -1.10. The molecule has 0 aromatic carbocycles. The van der Waals surface area contributed by atoms with Crippen LogP contribution in [0.5, 0.6) is 0 Å². The van der Waals surface area contributed by atoms with Gasteiger partial charge in [0.1, 0.15) is 11.6 Å². The van der Waals surface area contributed by atoms with Crippen molar-refractivity contribution in [3.63, 3.8) is 0 Å². The minimum Gasteiger partial charge on any atom is -0.481 e. The SMILES string of the molecule is CCC(CC(=O)O)Nc1nccc(C#N)c1[N+](=O)[O-]. The fourth-order valence-corrected chi connectivity index (χ4v) is 1.54. The van der Waals surface area contributed by atoms with Crippen LogP contribution < -0.4 is 5.32 Å². The number of nitrogens with zero attached hydrogens (tertiary/aromatic N) is 3. The van der Waals surface area contributed by atoms with Crippen molar-refractivity contribution in [2.24, 2.45) is 0 Å². The Labute approximate surface area is 108 Å². The maximum Gasteiger partial charge on any atom is 0.328 e. The summed E-state index contributed by atoms with van der Waals surface area (Å²) in [7, 11) is 0. The van der Waals surface area contributed by atoms with Gasteiger partial charge >= 0.3 is 11.7 Å². The van der Waals surface area contributed by atoms with Crippen LogP contribution in [0.1, 0.15) is 25.3 Å². The average Bonchev–Trinajstić information content (AvgIpc) is 2.36. The highest BCUT2D eigenvalue weighted by Crippen LogP contribution is 2.26. The number of nitriles is 1. The summed E-state index contributed by atoms with van der Waals surface area (Å²) >= 11 is 0. The number of aliphatic carboxylic acids is 1. The predicted octanol–water partition coefficient (Wildman–Crippen LogP) is 1.53. The minimum absolute atomic E-state index is 0.0860. The lowest BCUT2D eigenvalue weighted by Gasteiger charge is -2.15. The first-order chi connectivity index (χ1) is 8.99. The molecular formula is C11H12N4O4. The van der Waals surface area contributed by atoms with Crippen molar-refractivity contribution < 1.29 is 14.8 Å². The molecular weight excluding hydrogens is 252 g/mol. The van der Waals surface area contributed by atoms with E-state index in [2.05, 4.69) is 10.3 Å². The van der Waals surface area contributed by atoms with Crippen LogP contribution in [0.15, 0.2) is 12.3 Å². The molecule has 1 atom stereocenters. The second-order valence-electron chi connectivity index (χ2n) is 3.77. The fourth-order valence-electron chi connectivity index (χ4n) is 1.54. The van der Waals surface area contributed by atoms with Crippen molar-refractivity contribution >= 4 is 17.5 Å². The summed E-state index contributed by atoms with van der Waals surface area (Å²) in [6.07, 6.45) is 1.54. The lowest BCUT2D eigenvalue weighted by molar-refractivity contribution is -0.384. The van der Waals surface area contributed by atoms with Crippen LogP contribution in [0.3, 0.4) is 0 Å². The topological polar surface area (TPSA) is 129 Å². The van der Waals surface area contributed by atoms with Gasteiger partial charge in [0.2, 0.25) is 5.82 Å². The van der Waals surface area contributed by atoms with Crippen molar-refractivity contribution in [3.05, 3.63) is 27.9 Å². The van der Waals surface area contributed by atoms with Gasteiger partial charge in [0.15, 0.2) is 0 Å². The van der Waals surface area contributed by atoms with E-state index in [1.54, 1.807) is 13.0 Å². The number of nitro groups is 1. The molecule has 0 aliphatic carbocycles. The second kappa shape index (κ2) is 6.30. The Kier molecular flexibility index (Phi) is 4.76. The molecule has 0 saturated heterocycles. The molecule has 8 heteroatoms. The summed E-state index contributed by atoms with van der Waals surface area (Å²) < 4.78 is 0.